The van der Waals surface area contributed by atoms with Gasteiger partial charge in [-0.15, -0.1) is 0 Å². The molecule has 5 atom stereocenters. The Bertz CT molecular complexity index is 1400. The second kappa shape index (κ2) is 6.52. The summed E-state index contributed by atoms with van der Waals surface area (Å²) in [4.78, 5) is 44.3. The van der Waals surface area contributed by atoms with Gasteiger partial charge in [0.1, 0.15) is 17.9 Å². The van der Waals surface area contributed by atoms with Crippen LogP contribution in [0.25, 0.3) is 10.8 Å². The third-order valence-corrected chi connectivity index (χ3v) is 8.68. The van der Waals surface area contributed by atoms with Crippen molar-refractivity contribution in [2.45, 2.75) is 24.4 Å². The van der Waals surface area contributed by atoms with Gasteiger partial charge in [0.25, 0.3) is 5.91 Å². The van der Waals surface area contributed by atoms with Crippen molar-refractivity contribution in [1.29, 1.82) is 0 Å². The number of carbonyl (C=O) groups is 3. The van der Waals surface area contributed by atoms with E-state index in [-0.39, 0.29) is 23.8 Å². The first-order valence-corrected chi connectivity index (χ1v) is 12.2. The lowest BCUT2D eigenvalue weighted by atomic mass is 9.75. The number of imide groups is 1. The summed E-state index contributed by atoms with van der Waals surface area (Å²) in [5.74, 6) is -1.79. The summed E-state index contributed by atoms with van der Waals surface area (Å²) >= 11 is 3.55. The molecule has 3 aromatic carbocycles. The molecule has 3 aromatic rings. The first-order valence-electron chi connectivity index (χ1n) is 11.4. The van der Waals surface area contributed by atoms with E-state index in [1.807, 2.05) is 60.7 Å². The molecule has 0 aliphatic carbocycles. The van der Waals surface area contributed by atoms with Crippen molar-refractivity contribution in [3.05, 3.63) is 70.7 Å². The van der Waals surface area contributed by atoms with Crippen molar-refractivity contribution in [3.63, 3.8) is 0 Å². The van der Waals surface area contributed by atoms with Crippen molar-refractivity contribution in [2.75, 3.05) is 16.8 Å². The number of benzene rings is 3. The summed E-state index contributed by atoms with van der Waals surface area (Å²) in [6.07, 6.45) is 1.79. The lowest BCUT2D eigenvalue weighted by Gasteiger charge is -2.33. The van der Waals surface area contributed by atoms with Crippen molar-refractivity contribution >= 4 is 55.8 Å². The van der Waals surface area contributed by atoms with Crippen LogP contribution in [0.1, 0.15) is 18.4 Å². The van der Waals surface area contributed by atoms with Crippen LogP contribution in [0, 0.1) is 11.8 Å². The normalized spacial score (nSPS) is 31.9. The van der Waals surface area contributed by atoms with E-state index in [1.165, 1.54) is 4.90 Å². The largest absolute Gasteiger partial charge is 0.320 e. The summed E-state index contributed by atoms with van der Waals surface area (Å²) in [6.45, 7) is 0.784. The average Bonchev–Trinajstić information content (AvgIpc) is 3.52. The zero-order valence-electron chi connectivity index (χ0n) is 17.7. The Labute approximate surface area is 198 Å². The summed E-state index contributed by atoms with van der Waals surface area (Å²) in [7, 11) is 0. The molecular formula is C26H21BrN3O3+. The minimum absolute atomic E-state index is 0.0397. The van der Waals surface area contributed by atoms with Crippen LogP contribution in [-0.4, -0.2) is 30.3 Å². The van der Waals surface area contributed by atoms with Gasteiger partial charge in [0.2, 0.25) is 17.4 Å². The van der Waals surface area contributed by atoms with E-state index in [1.54, 1.807) is 0 Å². The molecule has 4 heterocycles. The van der Waals surface area contributed by atoms with Gasteiger partial charge >= 0.3 is 0 Å². The molecule has 2 N–H and O–H groups in total. The highest BCUT2D eigenvalue weighted by Gasteiger charge is 2.78. The minimum atomic E-state index is -1.07. The molecule has 3 fully saturated rings. The molecule has 33 heavy (non-hydrogen) atoms. The van der Waals surface area contributed by atoms with Gasteiger partial charge in [-0.1, -0.05) is 52.3 Å². The Kier molecular flexibility index (Phi) is 3.84. The highest BCUT2D eigenvalue weighted by molar-refractivity contribution is 9.10. The molecule has 6 nitrogen and oxygen atoms in total. The Hall–Kier alpha value is -3.03. The number of hydrogen-bond acceptors (Lipinski definition) is 3. The smallest absolute Gasteiger partial charge is 0.291 e. The number of nitrogens with one attached hydrogen (secondary N) is 2. The van der Waals surface area contributed by atoms with E-state index in [4.69, 9.17) is 0 Å². The number of nitrogens with zero attached hydrogens (tertiary/aromatic N) is 1. The van der Waals surface area contributed by atoms with Gasteiger partial charge in [-0.3, -0.25) is 14.4 Å². The summed E-state index contributed by atoms with van der Waals surface area (Å²) < 4.78 is 0.860. The molecule has 7 heteroatoms. The monoisotopic (exact) mass is 502 g/mol. The van der Waals surface area contributed by atoms with E-state index in [9.17, 15) is 14.4 Å². The molecule has 164 valence electrons. The molecule has 0 aromatic heterocycles. The molecule has 4 aliphatic rings. The predicted molar refractivity (Wildman–Crippen MR) is 127 cm³/mol. The number of halogens is 1. The number of quaternary nitrogens is 1. The standard InChI is InChI=1S/C26H20BrN3O3/c27-15-10-11-18-17(13-15)26(25(33)28-18)22-21(20-9-4-12-29(20)26)23(31)30(24(22)32)19-8-3-6-14-5-1-2-7-16(14)19/h1-3,5-8,10-11,13,20-22H,4,9,12H2,(H,28,33)/p+1/t20-,21+,22+,26-/m1/s1. The molecule has 7 rings (SSSR count). The van der Waals surface area contributed by atoms with Gasteiger partial charge < -0.3 is 10.2 Å². The fourth-order valence-electron chi connectivity index (χ4n) is 7.07. The Morgan fingerprint density at radius 3 is 2.70 bits per heavy atom. The molecule has 0 radical (unpaired) electrons. The summed E-state index contributed by atoms with van der Waals surface area (Å²) in [5, 5.41) is 4.88. The number of rotatable bonds is 1. The fraction of sp³-hybridized carbons (Fsp3) is 0.269. The van der Waals surface area contributed by atoms with Crippen LogP contribution in [0.5, 0.6) is 0 Å². The zero-order valence-corrected chi connectivity index (χ0v) is 19.3. The maximum Gasteiger partial charge on any atom is 0.291 e. The number of anilines is 2. The van der Waals surface area contributed by atoms with E-state index in [0.29, 0.717) is 5.69 Å². The number of fused-ring (bicyclic) bond motifs is 8. The topological polar surface area (TPSA) is 70.9 Å². The number of carbonyl (C=O) groups excluding carboxylic acids is 3. The molecule has 0 bridgehead atoms. The van der Waals surface area contributed by atoms with Crippen LogP contribution in [0.3, 0.4) is 0 Å². The second-order valence-corrected chi connectivity index (χ2v) is 10.4. The fourth-order valence-corrected chi connectivity index (χ4v) is 7.43. The molecule has 1 unspecified atom stereocenters. The lowest BCUT2D eigenvalue weighted by molar-refractivity contribution is -0.948. The van der Waals surface area contributed by atoms with Gasteiger partial charge in [-0.2, -0.15) is 0 Å². The Morgan fingerprint density at radius 1 is 1.00 bits per heavy atom. The van der Waals surface area contributed by atoms with Crippen molar-refractivity contribution < 1.29 is 19.3 Å². The first kappa shape index (κ1) is 19.4. The summed E-state index contributed by atoms with van der Waals surface area (Å²) in [6, 6.07) is 19.2. The first-order chi connectivity index (χ1) is 16.0. The molecule has 4 aliphatic heterocycles. The van der Waals surface area contributed by atoms with Crippen LogP contribution >= 0.6 is 15.9 Å². The lowest BCUT2D eigenvalue weighted by Crippen LogP contribution is -3.19. The van der Waals surface area contributed by atoms with Crippen LogP contribution < -0.4 is 15.1 Å². The molecule has 0 saturated carbocycles. The van der Waals surface area contributed by atoms with Crippen molar-refractivity contribution in [2.24, 2.45) is 11.8 Å². The molecular weight excluding hydrogens is 482 g/mol. The SMILES string of the molecule is O=C1[C@H]2[C@H]3CCC[NH+]3[C@@]3(C(=O)Nc4ccc(Br)cc43)[C@@H]2C(=O)N1c1cccc2ccccc12. The van der Waals surface area contributed by atoms with E-state index >= 15 is 0 Å². The zero-order chi connectivity index (χ0) is 22.5. The van der Waals surface area contributed by atoms with Crippen molar-refractivity contribution in [1.82, 2.24) is 0 Å². The Morgan fingerprint density at radius 2 is 1.82 bits per heavy atom. The predicted octanol–water partition coefficient (Wildman–Crippen LogP) is 2.62. The highest BCUT2D eigenvalue weighted by atomic mass is 79.9. The van der Waals surface area contributed by atoms with Crippen LogP contribution in [-0.2, 0) is 19.9 Å². The Balaban J connectivity index is 1.46. The molecule has 3 amide bonds. The van der Waals surface area contributed by atoms with Gasteiger partial charge in [-0.05, 0) is 29.7 Å². The van der Waals surface area contributed by atoms with Crippen LogP contribution in [0.15, 0.2) is 65.1 Å². The van der Waals surface area contributed by atoms with E-state index < -0.39 is 17.4 Å². The van der Waals surface area contributed by atoms with Crippen molar-refractivity contribution in [3.8, 4) is 0 Å². The highest BCUT2D eigenvalue weighted by Crippen LogP contribution is 2.53. The maximum atomic E-state index is 14.2. The minimum Gasteiger partial charge on any atom is -0.320 e. The van der Waals surface area contributed by atoms with Crippen LogP contribution in [0.4, 0.5) is 11.4 Å². The second-order valence-electron chi connectivity index (χ2n) is 9.49. The van der Waals surface area contributed by atoms with Gasteiger partial charge in [-0.25, -0.2) is 4.90 Å². The van der Waals surface area contributed by atoms with E-state index in [2.05, 4.69) is 21.2 Å². The summed E-state index contributed by atoms with van der Waals surface area (Å²) in [5.41, 5.74) is 1.11. The molecule has 1 spiro atoms. The third kappa shape index (κ3) is 2.24. The third-order valence-electron chi connectivity index (χ3n) is 8.19. The number of hydrogen-bond donors (Lipinski definition) is 2. The average molecular weight is 503 g/mol. The van der Waals surface area contributed by atoms with E-state index in [0.717, 1.165) is 50.8 Å². The van der Waals surface area contributed by atoms with Gasteiger partial charge in [0.05, 0.1) is 17.9 Å². The number of amides is 3. The maximum absolute atomic E-state index is 14.2. The van der Waals surface area contributed by atoms with Crippen LogP contribution in [0.2, 0.25) is 0 Å². The molecule has 3 saturated heterocycles. The quantitative estimate of drug-likeness (QED) is 0.502. The van der Waals surface area contributed by atoms with Gasteiger partial charge in [0.15, 0.2) is 0 Å². The van der Waals surface area contributed by atoms with Gasteiger partial charge in [0, 0.05) is 28.3 Å².